The number of fused-ring (bicyclic) bond motifs is 1. The minimum Gasteiger partial charge on any atom is -0.497 e. The Morgan fingerprint density at radius 2 is 2.25 bits per heavy atom. The number of amides is 2. The third-order valence-corrected chi connectivity index (χ3v) is 7.12. The smallest absolute Gasteiger partial charge is 0.251 e. The van der Waals surface area contributed by atoms with E-state index in [-0.39, 0.29) is 29.4 Å². The molecule has 1 aromatic carbocycles. The van der Waals surface area contributed by atoms with Gasteiger partial charge in [-0.15, -0.1) is 0 Å². The largest absolute Gasteiger partial charge is 0.497 e. The molecule has 3 aliphatic heterocycles. The number of hydrogen-bond acceptors (Lipinski definition) is 5. The summed E-state index contributed by atoms with van der Waals surface area (Å²) in [5.41, 5.74) is 1.37. The maximum Gasteiger partial charge on any atom is 0.251 e. The number of nitrogens with zero attached hydrogens (tertiary/aromatic N) is 1. The fourth-order valence-electron chi connectivity index (χ4n) is 5.19. The Morgan fingerprint density at radius 1 is 1.43 bits per heavy atom. The molecule has 3 aliphatic rings. The number of benzene rings is 1. The Labute approximate surface area is 170 Å². The zero-order valence-corrected chi connectivity index (χ0v) is 17.5. The lowest BCUT2D eigenvalue weighted by Gasteiger charge is -2.29. The van der Waals surface area contributed by atoms with Crippen molar-refractivity contribution < 1.29 is 19.1 Å². The standard InChI is InChI=1S/C21H28N2O4S/c1-13-8-14(26-2)4-5-15(13)20(25)22-9-16-17-10-23(19(24)11-28-3)12-21(17)7-6-18(16)27-21/h4-5,8,16-18H,6-7,9-12H2,1-3H3,(H,22,25)/t16-,17+,18+,21+/m0/s1. The van der Waals surface area contributed by atoms with E-state index in [4.69, 9.17) is 9.47 Å². The molecule has 1 aromatic rings. The molecule has 0 radical (unpaired) electrons. The second kappa shape index (κ2) is 7.59. The van der Waals surface area contributed by atoms with Crippen molar-refractivity contribution in [2.45, 2.75) is 31.5 Å². The lowest BCUT2D eigenvalue weighted by molar-refractivity contribution is -0.128. The lowest BCUT2D eigenvalue weighted by atomic mass is 9.73. The number of methoxy groups -OCH3 is 1. The van der Waals surface area contributed by atoms with Gasteiger partial charge in [-0.3, -0.25) is 9.59 Å². The molecule has 3 fully saturated rings. The molecule has 1 spiro atoms. The summed E-state index contributed by atoms with van der Waals surface area (Å²) in [6.07, 6.45) is 4.19. The molecule has 0 aromatic heterocycles. The maximum atomic E-state index is 12.7. The molecule has 152 valence electrons. The molecular formula is C21H28N2O4S. The lowest BCUT2D eigenvalue weighted by Crippen LogP contribution is -2.42. The predicted octanol–water partition coefficient (Wildman–Crippen LogP) is 2.10. The Hall–Kier alpha value is -1.73. The summed E-state index contributed by atoms with van der Waals surface area (Å²) in [4.78, 5) is 27.0. The van der Waals surface area contributed by atoms with Gasteiger partial charge < -0.3 is 19.7 Å². The van der Waals surface area contributed by atoms with E-state index >= 15 is 0 Å². The topological polar surface area (TPSA) is 67.9 Å². The van der Waals surface area contributed by atoms with Gasteiger partial charge in [-0.05, 0) is 49.8 Å². The van der Waals surface area contributed by atoms with Gasteiger partial charge in [0.1, 0.15) is 5.75 Å². The van der Waals surface area contributed by atoms with Gasteiger partial charge in [0.15, 0.2) is 0 Å². The normalized spacial score (nSPS) is 30.4. The molecule has 4 rings (SSSR count). The van der Waals surface area contributed by atoms with Crippen LogP contribution in [-0.2, 0) is 9.53 Å². The highest BCUT2D eigenvalue weighted by atomic mass is 32.2. The number of likely N-dealkylation sites (tertiary alicyclic amines) is 1. The summed E-state index contributed by atoms with van der Waals surface area (Å²) in [5.74, 6) is 1.98. The second-order valence-corrected chi connectivity index (χ2v) is 8.99. The highest BCUT2D eigenvalue weighted by molar-refractivity contribution is 7.99. The van der Waals surface area contributed by atoms with Gasteiger partial charge in [0.25, 0.3) is 5.91 Å². The Kier molecular flexibility index (Phi) is 5.31. The fraction of sp³-hybridized carbons (Fsp3) is 0.619. The number of rotatable bonds is 6. The van der Waals surface area contributed by atoms with Crippen LogP contribution in [0, 0.1) is 18.8 Å². The van der Waals surface area contributed by atoms with E-state index in [9.17, 15) is 9.59 Å². The van der Waals surface area contributed by atoms with Crippen LogP contribution >= 0.6 is 11.8 Å². The van der Waals surface area contributed by atoms with Gasteiger partial charge in [0, 0.05) is 30.5 Å². The molecule has 1 N–H and O–H groups in total. The maximum absolute atomic E-state index is 12.7. The van der Waals surface area contributed by atoms with E-state index in [1.165, 1.54) is 0 Å². The molecule has 2 amide bonds. The first-order valence-electron chi connectivity index (χ1n) is 9.85. The highest BCUT2D eigenvalue weighted by Crippen LogP contribution is 2.54. The van der Waals surface area contributed by atoms with Gasteiger partial charge in [0.05, 0.1) is 31.1 Å². The van der Waals surface area contributed by atoms with Crippen molar-refractivity contribution in [3.8, 4) is 5.75 Å². The Balaban J connectivity index is 1.42. The van der Waals surface area contributed by atoms with E-state index in [0.29, 0.717) is 30.3 Å². The third-order valence-electron chi connectivity index (χ3n) is 6.58. The van der Waals surface area contributed by atoms with Gasteiger partial charge in [-0.2, -0.15) is 11.8 Å². The van der Waals surface area contributed by atoms with Crippen molar-refractivity contribution in [2.75, 3.05) is 38.8 Å². The minimum absolute atomic E-state index is 0.0645. The van der Waals surface area contributed by atoms with Crippen LogP contribution in [0.25, 0.3) is 0 Å². The summed E-state index contributed by atoms with van der Waals surface area (Å²) >= 11 is 1.56. The third kappa shape index (κ3) is 3.28. The van der Waals surface area contributed by atoms with Crippen molar-refractivity contribution >= 4 is 23.6 Å². The fourth-order valence-corrected chi connectivity index (χ4v) is 5.62. The second-order valence-electron chi connectivity index (χ2n) is 8.13. The molecule has 2 bridgehead atoms. The molecule has 0 saturated carbocycles. The number of thioether (sulfide) groups is 1. The van der Waals surface area contributed by atoms with Crippen molar-refractivity contribution in [2.24, 2.45) is 11.8 Å². The summed E-state index contributed by atoms with van der Waals surface area (Å²) in [7, 11) is 1.62. The van der Waals surface area contributed by atoms with Crippen LogP contribution < -0.4 is 10.1 Å². The monoisotopic (exact) mass is 404 g/mol. The van der Waals surface area contributed by atoms with Crippen LogP contribution in [-0.4, -0.2) is 67.2 Å². The Morgan fingerprint density at radius 3 is 2.96 bits per heavy atom. The van der Waals surface area contributed by atoms with Crippen molar-refractivity contribution in [1.82, 2.24) is 10.2 Å². The summed E-state index contributed by atoms with van der Waals surface area (Å²) in [6, 6.07) is 5.49. The molecule has 3 saturated heterocycles. The van der Waals surface area contributed by atoms with Crippen molar-refractivity contribution in [3.05, 3.63) is 29.3 Å². The summed E-state index contributed by atoms with van der Waals surface area (Å²) in [5, 5.41) is 3.12. The van der Waals surface area contributed by atoms with Crippen LogP contribution in [0.2, 0.25) is 0 Å². The summed E-state index contributed by atoms with van der Waals surface area (Å²) < 4.78 is 11.6. The molecule has 0 aliphatic carbocycles. The van der Waals surface area contributed by atoms with E-state index < -0.39 is 0 Å². The van der Waals surface area contributed by atoms with E-state index in [0.717, 1.165) is 30.7 Å². The summed E-state index contributed by atoms with van der Waals surface area (Å²) in [6.45, 7) is 3.96. The number of carbonyl (C=O) groups is 2. The average molecular weight is 405 g/mol. The predicted molar refractivity (Wildman–Crippen MR) is 109 cm³/mol. The van der Waals surface area contributed by atoms with Crippen LogP contribution in [0.4, 0.5) is 0 Å². The SMILES string of the molecule is COc1ccc(C(=O)NC[C@H]2[C@H]3CN(C(=O)CSC)C[C@]34CC[C@H]2O4)c(C)c1. The number of hydrogen-bond donors (Lipinski definition) is 1. The van der Waals surface area contributed by atoms with Crippen molar-refractivity contribution in [1.29, 1.82) is 0 Å². The zero-order chi connectivity index (χ0) is 19.9. The first-order chi connectivity index (χ1) is 13.5. The number of ether oxygens (including phenoxy) is 2. The van der Waals surface area contributed by atoms with E-state index in [1.807, 2.05) is 30.2 Å². The van der Waals surface area contributed by atoms with Gasteiger partial charge in [-0.25, -0.2) is 0 Å². The minimum atomic E-state index is -0.190. The van der Waals surface area contributed by atoms with E-state index in [1.54, 1.807) is 24.9 Å². The first-order valence-corrected chi connectivity index (χ1v) is 11.2. The number of carbonyl (C=O) groups excluding carboxylic acids is 2. The van der Waals surface area contributed by atoms with Crippen LogP contribution in [0.5, 0.6) is 5.75 Å². The molecular weight excluding hydrogens is 376 g/mol. The number of nitrogens with one attached hydrogen (secondary N) is 1. The van der Waals surface area contributed by atoms with E-state index in [2.05, 4.69) is 5.32 Å². The van der Waals surface area contributed by atoms with Crippen LogP contribution in [0.15, 0.2) is 18.2 Å². The number of aryl methyl sites for hydroxylation is 1. The van der Waals surface area contributed by atoms with Crippen molar-refractivity contribution in [3.63, 3.8) is 0 Å². The zero-order valence-electron chi connectivity index (χ0n) is 16.7. The van der Waals surface area contributed by atoms with Gasteiger partial charge in [-0.1, -0.05) is 0 Å². The van der Waals surface area contributed by atoms with Crippen LogP contribution in [0.1, 0.15) is 28.8 Å². The molecule has 0 unspecified atom stereocenters. The first kappa shape index (κ1) is 19.6. The molecule has 4 atom stereocenters. The quantitative estimate of drug-likeness (QED) is 0.787. The molecule has 28 heavy (non-hydrogen) atoms. The average Bonchev–Trinajstić information content (AvgIpc) is 3.34. The van der Waals surface area contributed by atoms with Gasteiger partial charge in [0.2, 0.25) is 5.91 Å². The van der Waals surface area contributed by atoms with Gasteiger partial charge >= 0.3 is 0 Å². The van der Waals surface area contributed by atoms with Crippen LogP contribution in [0.3, 0.4) is 0 Å². The molecule has 6 nitrogen and oxygen atoms in total. The highest BCUT2D eigenvalue weighted by Gasteiger charge is 2.63. The Bertz CT molecular complexity index is 786. The molecule has 3 heterocycles. The molecule has 7 heteroatoms.